The van der Waals surface area contributed by atoms with E-state index < -0.39 is 0 Å². The summed E-state index contributed by atoms with van der Waals surface area (Å²) in [6, 6.07) is 8.80. The molecule has 1 N–H and O–H groups in total. The smallest absolute Gasteiger partial charge is 0.224 e. The molecule has 4 nitrogen and oxygen atoms in total. The summed E-state index contributed by atoms with van der Waals surface area (Å²) in [6.07, 6.45) is 2.23. The van der Waals surface area contributed by atoms with Gasteiger partial charge in [-0.3, -0.25) is 0 Å². The monoisotopic (exact) mass is 276 g/mol. The second kappa shape index (κ2) is 5.15. The third-order valence-electron chi connectivity index (χ3n) is 2.96. The van der Waals surface area contributed by atoms with Gasteiger partial charge in [-0.25, -0.2) is 4.98 Å². The Kier molecular flexibility index (Phi) is 3.36. The lowest BCUT2D eigenvalue weighted by atomic mass is 10.2. The predicted octanol–water partition coefficient (Wildman–Crippen LogP) is 3.29. The largest absolute Gasteiger partial charge is 0.439 e. The van der Waals surface area contributed by atoms with Crippen LogP contribution in [0.5, 0.6) is 11.6 Å². The molecular formula is C14H13ClN2O2. The highest BCUT2D eigenvalue weighted by atomic mass is 35.5. The van der Waals surface area contributed by atoms with Gasteiger partial charge in [0.15, 0.2) is 0 Å². The Morgan fingerprint density at radius 1 is 1.21 bits per heavy atom. The van der Waals surface area contributed by atoms with Crippen LogP contribution in [0, 0.1) is 0 Å². The van der Waals surface area contributed by atoms with Gasteiger partial charge < -0.3 is 9.84 Å². The van der Waals surface area contributed by atoms with Crippen LogP contribution in [0.3, 0.4) is 0 Å². The molecule has 1 fully saturated rings. The van der Waals surface area contributed by atoms with Gasteiger partial charge in [-0.05, 0) is 30.5 Å². The van der Waals surface area contributed by atoms with Crippen molar-refractivity contribution in [3.63, 3.8) is 0 Å². The van der Waals surface area contributed by atoms with Gasteiger partial charge in [0, 0.05) is 12.0 Å². The van der Waals surface area contributed by atoms with E-state index in [9.17, 15) is 0 Å². The van der Waals surface area contributed by atoms with Crippen molar-refractivity contribution >= 4 is 11.6 Å². The van der Waals surface area contributed by atoms with Crippen LogP contribution in [0.2, 0.25) is 5.15 Å². The van der Waals surface area contributed by atoms with E-state index in [0.717, 1.165) is 24.2 Å². The first-order chi connectivity index (χ1) is 9.24. The van der Waals surface area contributed by atoms with Crippen LogP contribution in [0.25, 0.3) is 0 Å². The van der Waals surface area contributed by atoms with E-state index >= 15 is 0 Å². The maximum Gasteiger partial charge on any atom is 0.224 e. The van der Waals surface area contributed by atoms with Gasteiger partial charge in [-0.1, -0.05) is 23.7 Å². The third kappa shape index (κ3) is 3.03. The molecule has 98 valence electrons. The average Bonchev–Trinajstić information content (AvgIpc) is 3.23. The van der Waals surface area contributed by atoms with Gasteiger partial charge in [0.1, 0.15) is 16.7 Å². The van der Waals surface area contributed by atoms with Crippen molar-refractivity contribution in [2.45, 2.75) is 25.4 Å². The molecule has 1 heterocycles. The van der Waals surface area contributed by atoms with Crippen LogP contribution in [-0.2, 0) is 6.61 Å². The quantitative estimate of drug-likeness (QED) is 0.871. The maximum absolute atomic E-state index is 8.98. The summed E-state index contributed by atoms with van der Waals surface area (Å²) in [5, 5.41) is 9.38. The molecule has 1 aromatic carbocycles. The van der Waals surface area contributed by atoms with Gasteiger partial charge >= 0.3 is 0 Å². The number of nitrogens with zero attached hydrogens (tertiary/aromatic N) is 2. The second-order valence-corrected chi connectivity index (χ2v) is 4.95. The standard InChI is InChI=1S/C14H13ClN2O2/c15-12-7-13(17-14(16-12)10-3-4-10)19-11-5-1-9(8-18)2-6-11/h1-2,5-7,10,18H,3-4,8H2. The molecule has 0 aliphatic heterocycles. The number of benzene rings is 1. The highest BCUT2D eigenvalue weighted by Gasteiger charge is 2.27. The summed E-state index contributed by atoms with van der Waals surface area (Å²) >= 11 is 5.97. The van der Waals surface area contributed by atoms with Crippen molar-refractivity contribution in [3.05, 3.63) is 46.9 Å². The van der Waals surface area contributed by atoms with Crippen LogP contribution in [0.15, 0.2) is 30.3 Å². The van der Waals surface area contributed by atoms with Gasteiger partial charge in [0.05, 0.1) is 6.61 Å². The maximum atomic E-state index is 8.98. The van der Waals surface area contributed by atoms with E-state index in [4.69, 9.17) is 21.4 Å². The van der Waals surface area contributed by atoms with Crippen molar-refractivity contribution < 1.29 is 9.84 Å². The molecule has 0 unspecified atom stereocenters. The normalized spacial score (nSPS) is 14.4. The first-order valence-electron chi connectivity index (χ1n) is 6.17. The number of aromatic nitrogens is 2. The van der Waals surface area contributed by atoms with E-state index in [1.807, 2.05) is 0 Å². The lowest BCUT2D eigenvalue weighted by molar-refractivity contribution is 0.281. The Balaban J connectivity index is 1.81. The second-order valence-electron chi connectivity index (χ2n) is 4.57. The minimum absolute atomic E-state index is 0.0193. The Hall–Kier alpha value is -1.65. The zero-order chi connectivity index (χ0) is 13.2. The SMILES string of the molecule is OCc1ccc(Oc2cc(Cl)nc(C3CC3)n2)cc1. The Morgan fingerprint density at radius 2 is 1.95 bits per heavy atom. The number of aliphatic hydroxyl groups is 1. The minimum atomic E-state index is 0.0193. The highest BCUT2D eigenvalue weighted by Crippen LogP contribution is 2.39. The highest BCUT2D eigenvalue weighted by molar-refractivity contribution is 6.29. The van der Waals surface area contributed by atoms with E-state index in [1.165, 1.54) is 0 Å². The molecule has 0 radical (unpaired) electrons. The van der Waals surface area contributed by atoms with Crippen LogP contribution in [0.4, 0.5) is 0 Å². The fourth-order valence-electron chi connectivity index (χ4n) is 1.77. The molecule has 3 rings (SSSR count). The first-order valence-corrected chi connectivity index (χ1v) is 6.54. The minimum Gasteiger partial charge on any atom is -0.439 e. The Labute approximate surface area is 116 Å². The molecule has 0 atom stereocenters. The number of rotatable bonds is 4. The summed E-state index contributed by atoms with van der Waals surface area (Å²) in [6.45, 7) is 0.0193. The van der Waals surface area contributed by atoms with Crippen LogP contribution >= 0.6 is 11.6 Å². The van der Waals surface area contributed by atoms with Gasteiger partial charge in [-0.15, -0.1) is 0 Å². The number of ether oxygens (including phenoxy) is 1. The number of aliphatic hydroxyl groups excluding tert-OH is 1. The molecular weight excluding hydrogens is 264 g/mol. The van der Waals surface area contributed by atoms with Crippen LogP contribution < -0.4 is 4.74 Å². The molecule has 1 saturated carbocycles. The lowest BCUT2D eigenvalue weighted by Gasteiger charge is -2.07. The summed E-state index contributed by atoms with van der Waals surface area (Å²) < 4.78 is 5.66. The van der Waals surface area contributed by atoms with Gasteiger partial charge in [0.25, 0.3) is 0 Å². The zero-order valence-corrected chi connectivity index (χ0v) is 11.0. The third-order valence-corrected chi connectivity index (χ3v) is 3.15. The van der Waals surface area contributed by atoms with Gasteiger partial charge in [0.2, 0.25) is 5.88 Å². The molecule has 5 heteroatoms. The van der Waals surface area contributed by atoms with Crippen LogP contribution in [-0.4, -0.2) is 15.1 Å². The molecule has 0 bridgehead atoms. The topological polar surface area (TPSA) is 55.2 Å². The van der Waals surface area contributed by atoms with E-state index in [-0.39, 0.29) is 6.61 Å². The van der Waals surface area contributed by atoms with E-state index in [1.54, 1.807) is 30.3 Å². The summed E-state index contributed by atoms with van der Waals surface area (Å²) in [7, 11) is 0. The number of hydrogen-bond acceptors (Lipinski definition) is 4. The fourth-order valence-corrected chi connectivity index (χ4v) is 1.95. The van der Waals surface area contributed by atoms with Gasteiger partial charge in [-0.2, -0.15) is 4.98 Å². The Bertz CT molecular complexity index is 582. The predicted molar refractivity (Wildman–Crippen MR) is 71.5 cm³/mol. The molecule has 1 aliphatic carbocycles. The van der Waals surface area contributed by atoms with Crippen molar-refractivity contribution in [3.8, 4) is 11.6 Å². The summed E-state index contributed by atoms with van der Waals surface area (Å²) in [5.41, 5.74) is 0.840. The van der Waals surface area contributed by atoms with E-state index in [0.29, 0.717) is 22.7 Å². The fraction of sp³-hybridized carbons (Fsp3) is 0.286. The summed E-state index contributed by atoms with van der Waals surface area (Å²) in [4.78, 5) is 8.57. The molecule has 19 heavy (non-hydrogen) atoms. The van der Waals surface area contributed by atoms with Crippen molar-refractivity contribution in [2.24, 2.45) is 0 Å². The number of halogens is 1. The Morgan fingerprint density at radius 3 is 2.58 bits per heavy atom. The number of hydrogen-bond donors (Lipinski definition) is 1. The summed E-state index contributed by atoms with van der Waals surface area (Å²) in [5.74, 6) is 2.31. The van der Waals surface area contributed by atoms with Crippen molar-refractivity contribution in [1.29, 1.82) is 0 Å². The van der Waals surface area contributed by atoms with Crippen LogP contribution in [0.1, 0.15) is 30.1 Å². The lowest BCUT2D eigenvalue weighted by Crippen LogP contribution is -1.96. The molecule has 0 spiro atoms. The van der Waals surface area contributed by atoms with E-state index in [2.05, 4.69) is 9.97 Å². The molecule has 0 saturated heterocycles. The average molecular weight is 277 g/mol. The molecule has 2 aromatic rings. The molecule has 1 aromatic heterocycles. The zero-order valence-electron chi connectivity index (χ0n) is 10.2. The molecule has 1 aliphatic rings. The first kappa shape index (κ1) is 12.4. The van der Waals surface area contributed by atoms with Crippen molar-refractivity contribution in [2.75, 3.05) is 0 Å². The molecule has 0 amide bonds. The van der Waals surface area contributed by atoms with Crippen molar-refractivity contribution in [1.82, 2.24) is 9.97 Å².